The molecule has 1 amide bonds. The minimum atomic E-state index is -0.310. The molecule has 23 heavy (non-hydrogen) atoms. The van der Waals surface area contributed by atoms with Crippen LogP contribution in [-0.2, 0) is 11.2 Å². The lowest BCUT2D eigenvalue weighted by atomic mass is 10.1. The normalized spacial score (nSPS) is 14.1. The predicted molar refractivity (Wildman–Crippen MR) is 83.7 cm³/mol. The van der Waals surface area contributed by atoms with Crippen LogP contribution < -0.4 is 5.32 Å². The largest absolute Gasteiger partial charge is 0.323 e. The molecule has 1 fully saturated rings. The molecule has 0 saturated heterocycles. The van der Waals surface area contributed by atoms with Gasteiger partial charge >= 0.3 is 0 Å². The third-order valence-electron chi connectivity index (χ3n) is 3.87. The van der Waals surface area contributed by atoms with Crippen LogP contribution in [0.3, 0.4) is 0 Å². The van der Waals surface area contributed by atoms with Gasteiger partial charge in [0.1, 0.15) is 5.82 Å². The van der Waals surface area contributed by atoms with Crippen LogP contribution in [0.4, 0.5) is 10.1 Å². The van der Waals surface area contributed by atoms with Gasteiger partial charge in [-0.1, -0.05) is 12.1 Å². The number of carbonyl (C=O) groups is 1. The molecule has 2 heterocycles. The van der Waals surface area contributed by atoms with Gasteiger partial charge in [0.2, 0.25) is 5.91 Å². The van der Waals surface area contributed by atoms with E-state index in [9.17, 15) is 9.18 Å². The van der Waals surface area contributed by atoms with Gasteiger partial charge in [0.15, 0.2) is 11.5 Å². The molecule has 0 atom stereocenters. The summed E-state index contributed by atoms with van der Waals surface area (Å²) in [6.45, 7) is 0. The number of carbonyl (C=O) groups excluding carboxylic acids is 1. The van der Waals surface area contributed by atoms with Gasteiger partial charge in [-0.3, -0.25) is 4.79 Å². The van der Waals surface area contributed by atoms with E-state index in [1.165, 1.54) is 12.1 Å². The lowest BCUT2D eigenvalue weighted by molar-refractivity contribution is -0.115. The molecular formula is C17H15FN4O. The van der Waals surface area contributed by atoms with E-state index in [-0.39, 0.29) is 18.1 Å². The zero-order chi connectivity index (χ0) is 15.8. The first-order chi connectivity index (χ1) is 11.2. The highest BCUT2D eigenvalue weighted by Gasteiger charge is 2.28. The fraction of sp³-hybridized carbons (Fsp3) is 0.235. The first-order valence-electron chi connectivity index (χ1n) is 7.58. The van der Waals surface area contributed by atoms with Crippen molar-refractivity contribution in [1.82, 2.24) is 14.6 Å². The topological polar surface area (TPSA) is 59.3 Å². The molecule has 0 bridgehead atoms. The first-order valence-corrected chi connectivity index (χ1v) is 7.58. The smallest absolute Gasteiger partial charge is 0.228 e. The highest BCUT2D eigenvalue weighted by atomic mass is 19.1. The molecule has 1 aromatic carbocycles. The van der Waals surface area contributed by atoms with Crippen LogP contribution in [0.1, 0.15) is 30.1 Å². The lowest BCUT2D eigenvalue weighted by Gasteiger charge is -2.06. The van der Waals surface area contributed by atoms with Gasteiger partial charge in [0.25, 0.3) is 0 Å². The summed E-state index contributed by atoms with van der Waals surface area (Å²) in [5, 5.41) is 7.31. The Morgan fingerprint density at radius 3 is 2.78 bits per heavy atom. The van der Waals surface area contributed by atoms with Crippen LogP contribution in [-0.4, -0.2) is 20.5 Å². The maximum atomic E-state index is 12.9. The third-order valence-corrected chi connectivity index (χ3v) is 3.87. The van der Waals surface area contributed by atoms with Gasteiger partial charge in [0, 0.05) is 12.1 Å². The second kappa shape index (κ2) is 5.46. The number of halogens is 1. The SMILES string of the molecule is O=C(Cc1ccc(F)cc1)Nc1cccn2nc(C3CC3)nc12. The molecule has 0 unspecified atom stereocenters. The minimum absolute atomic E-state index is 0.166. The summed E-state index contributed by atoms with van der Waals surface area (Å²) in [6.07, 6.45) is 4.26. The summed E-state index contributed by atoms with van der Waals surface area (Å²) in [4.78, 5) is 16.7. The number of rotatable bonds is 4. The van der Waals surface area contributed by atoms with Crippen molar-refractivity contribution in [3.8, 4) is 0 Å². The van der Waals surface area contributed by atoms with Gasteiger partial charge in [0.05, 0.1) is 12.1 Å². The Labute approximate surface area is 132 Å². The Morgan fingerprint density at radius 2 is 2.04 bits per heavy atom. The van der Waals surface area contributed by atoms with Crippen molar-refractivity contribution in [3.05, 3.63) is 59.8 Å². The van der Waals surface area contributed by atoms with Crippen molar-refractivity contribution < 1.29 is 9.18 Å². The number of anilines is 1. The molecule has 5 nitrogen and oxygen atoms in total. The van der Waals surface area contributed by atoms with Crippen LogP contribution in [0, 0.1) is 5.82 Å². The van der Waals surface area contributed by atoms with Crippen molar-refractivity contribution in [2.75, 3.05) is 5.32 Å². The molecule has 1 saturated carbocycles. The Morgan fingerprint density at radius 1 is 1.26 bits per heavy atom. The molecule has 4 rings (SSSR count). The second-order valence-corrected chi connectivity index (χ2v) is 5.79. The molecule has 1 aliphatic rings. The maximum absolute atomic E-state index is 12.9. The van der Waals surface area contributed by atoms with E-state index in [0.717, 1.165) is 24.2 Å². The second-order valence-electron chi connectivity index (χ2n) is 5.79. The van der Waals surface area contributed by atoms with Crippen molar-refractivity contribution in [1.29, 1.82) is 0 Å². The number of amides is 1. The quantitative estimate of drug-likeness (QED) is 0.806. The van der Waals surface area contributed by atoms with Gasteiger partial charge in [-0.25, -0.2) is 13.9 Å². The van der Waals surface area contributed by atoms with E-state index in [2.05, 4.69) is 15.4 Å². The molecule has 1 aliphatic carbocycles. The fourth-order valence-electron chi connectivity index (χ4n) is 2.52. The van der Waals surface area contributed by atoms with Gasteiger partial charge in [-0.2, -0.15) is 5.10 Å². The van der Waals surface area contributed by atoms with Crippen LogP contribution >= 0.6 is 0 Å². The zero-order valence-electron chi connectivity index (χ0n) is 12.4. The zero-order valence-corrected chi connectivity index (χ0v) is 12.4. The Hall–Kier alpha value is -2.76. The summed E-state index contributed by atoms with van der Waals surface area (Å²) in [5.41, 5.74) is 2.05. The Bertz CT molecular complexity index is 868. The van der Waals surface area contributed by atoms with Crippen molar-refractivity contribution in [2.24, 2.45) is 0 Å². The van der Waals surface area contributed by atoms with E-state index in [1.54, 1.807) is 16.6 Å². The summed E-state index contributed by atoms with van der Waals surface area (Å²) in [7, 11) is 0. The van der Waals surface area contributed by atoms with Gasteiger partial charge in [-0.05, 0) is 42.7 Å². The van der Waals surface area contributed by atoms with E-state index in [0.29, 0.717) is 17.3 Å². The van der Waals surface area contributed by atoms with Crippen molar-refractivity contribution >= 4 is 17.2 Å². The van der Waals surface area contributed by atoms with E-state index in [1.807, 2.05) is 18.3 Å². The Balaban J connectivity index is 1.54. The van der Waals surface area contributed by atoms with E-state index < -0.39 is 0 Å². The number of nitrogens with zero attached hydrogens (tertiary/aromatic N) is 3. The molecule has 0 aliphatic heterocycles. The summed E-state index contributed by atoms with van der Waals surface area (Å²) < 4.78 is 14.6. The van der Waals surface area contributed by atoms with Crippen molar-refractivity contribution in [3.63, 3.8) is 0 Å². The fourth-order valence-corrected chi connectivity index (χ4v) is 2.52. The van der Waals surface area contributed by atoms with Gasteiger partial charge < -0.3 is 5.32 Å². The summed E-state index contributed by atoms with van der Waals surface area (Å²) >= 11 is 0. The molecule has 3 aromatic rings. The molecule has 6 heteroatoms. The summed E-state index contributed by atoms with van der Waals surface area (Å²) in [5.74, 6) is 0.818. The van der Waals surface area contributed by atoms with Crippen LogP contribution in [0.15, 0.2) is 42.6 Å². The minimum Gasteiger partial charge on any atom is -0.323 e. The number of aromatic nitrogens is 3. The number of fused-ring (bicyclic) bond motifs is 1. The predicted octanol–water partition coefficient (Wildman–Crippen LogP) is 2.93. The molecular weight excluding hydrogens is 295 g/mol. The van der Waals surface area contributed by atoms with E-state index in [4.69, 9.17) is 0 Å². The number of pyridine rings is 1. The molecule has 116 valence electrons. The number of hydrogen-bond acceptors (Lipinski definition) is 3. The average molecular weight is 310 g/mol. The maximum Gasteiger partial charge on any atom is 0.228 e. The highest BCUT2D eigenvalue weighted by molar-refractivity contribution is 5.95. The highest BCUT2D eigenvalue weighted by Crippen LogP contribution is 2.38. The average Bonchev–Trinajstić information content (AvgIpc) is 3.29. The summed E-state index contributed by atoms with van der Waals surface area (Å²) in [6, 6.07) is 9.55. The van der Waals surface area contributed by atoms with Gasteiger partial charge in [-0.15, -0.1) is 0 Å². The molecule has 2 aromatic heterocycles. The third kappa shape index (κ3) is 2.92. The number of nitrogens with one attached hydrogen (secondary N) is 1. The lowest BCUT2D eigenvalue weighted by Crippen LogP contribution is -2.15. The number of hydrogen-bond donors (Lipinski definition) is 1. The standard InChI is InChI=1S/C17H15FN4O/c18-13-7-3-11(4-8-13)10-15(23)19-14-2-1-9-22-17(14)20-16(21-22)12-5-6-12/h1-4,7-9,12H,5-6,10H2,(H,19,23). The first kappa shape index (κ1) is 13.9. The number of benzene rings is 1. The molecule has 1 N–H and O–H groups in total. The Kier molecular flexibility index (Phi) is 3.29. The van der Waals surface area contributed by atoms with Crippen LogP contribution in [0.25, 0.3) is 5.65 Å². The monoisotopic (exact) mass is 310 g/mol. The molecule has 0 spiro atoms. The van der Waals surface area contributed by atoms with Crippen molar-refractivity contribution in [2.45, 2.75) is 25.2 Å². The molecule has 0 radical (unpaired) electrons. The van der Waals surface area contributed by atoms with Crippen LogP contribution in [0.5, 0.6) is 0 Å². The van der Waals surface area contributed by atoms with Crippen LogP contribution in [0.2, 0.25) is 0 Å². The van der Waals surface area contributed by atoms with E-state index >= 15 is 0 Å².